The minimum Gasteiger partial charge on any atom is -0.366 e. The maximum atomic E-state index is 12.0. The number of para-hydroxylation sites is 2. The Morgan fingerprint density at radius 1 is 0.587 bits per heavy atom. The Balaban J connectivity index is 0.000000287. The van der Waals surface area contributed by atoms with E-state index in [0.717, 1.165) is 0 Å². The van der Waals surface area contributed by atoms with Gasteiger partial charge in [-0.25, -0.2) is 0 Å². The van der Waals surface area contributed by atoms with E-state index >= 15 is 0 Å². The summed E-state index contributed by atoms with van der Waals surface area (Å²) in [4.78, 5) is 16.4. The van der Waals surface area contributed by atoms with Crippen LogP contribution in [-0.4, -0.2) is 5.78 Å². The predicted molar refractivity (Wildman–Crippen MR) is 189 cm³/mol. The van der Waals surface area contributed by atoms with Gasteiger partial charge >= 0.3 is 17.1 Å². The monoisotopic (exact) mass is 656 g/mol. The molecule has 0 unspecified atom stereocenters. The van der Waals surface area contributed by atoms with E-state index in [1.165, 1.54) is 33.6 Å². The Labute approximate surface area is 288 Å². The van der Waals surface area contributed by atoms with Crippen molar-refractivity contribution in [3.63, 3.8) is 0 Å². The SMILES string of the molecule is CC(C)c1cccc(C(C)C)c1N1[C]N(c2c(C(C)C)cccc2C(C)C)C=C1.[C-]#Cc1cccc(C(=O)c2ccccc2)c1.[Cu+]. The molecule has 0 saturated carbocycles. The number of rotatable bonds is 8. The zero-order chi connectivity index (χ0) is 32.7. The van der Waals surface area contributed by atoms with Gasteiger partial charge in [-0.15, -0.1) is 17.7 Å². The number of hydrogen-bond donors (Lipinski definition) is 0. The number of carbonyl (C=O) groups excluding carboxylic acids is 1. The summed E-state index contributed by atoms with van der Waals surface area (Å²) in [6.45, 7) is 21.8. The van der Waals surface area contributed by atoms with Crippen molar-refractivity contribution < 1.29 is 21.9 Å². The normalized spacial score (nSPS) is 12.3. The van der Waals surface area contributed by atoms with Gasteiger partial charge in [0.1, 0.15) is 0 Å². The molecule has 0 saturated heterocycles. The fourth-order valence-corrected chi connectivity index (χ4v) is 5.64. The molecule has 0 atom stereocenters. The molecule has 2 radical (unpaired) electrons. The fraction of sp³-hybridized carbons (Fsp3) is 0.286. The molecule has 0 amide bonds. The van der Waals surface area contributed by atoms with Gasteiger partial charge in [-0.05, 0) is 45.9 Å². The zero-order valence-corrected chi connectivity index (χ0v) is 29.2. The van der Waals surface area contributed by atoms with E-state index < -0.39 is 0 Å². The summed E-state index contributed by atoms with van der Waals surface area (Å²) < 4.78 is 0. The summed E-state index contributed by atoms with van der Waals surface area (Å²) in [7, 11) is 0. The van der Waals surface area contributed by atoms with Gasteiger partial charge in [0.2, 0.25) is 6.67 Å². The molecule has 0 bridgehead atoms. The van der Waals surface area contributed by atoms with Gasteiger partial charge in [-0.3, -0.25) is 10.7 Å². The van der Waals surface area contributed by atoms with Gasteiger partial charge in [0.25, 0.3) is 0 Å². The Bertz CT molecular complexity index is 1550. The van der Waals surface area contributed by atoms with E-state index in [9.17, 15) is 4.79 Å². The van der Waals surface area contributed by atoms with Crippen molar-refractivity contribution in [3.8, 4) is 5.92 Å². The van der Waals surface area contributed by atoms with Gasteiger partial charge in [0, 0.05) is 23.5 Å². The van der Waals surface area contributed by atoms with Gasteiger partial charge < -0.3 is 16.2 Å². The van der Waals surface area contributed by atoms with Gasteiger partial charge in [0.05, 0.1) is 11.4 Å². The van der Waals surface area contributed by atoms with Gasteiger partial charge in [-0.1, -0.05) is 134 Å². The van der Waals surface area contributed by atoms with Crippen molar-refractivity contribution in [2.45, 2.75) is 79.1 Å². The summed E-state index contributed by atoms with van der Waals surface area (Å²) in [6, 6.07) is 29.4. The van der Waals surface area contributed by atoms with Crippen molar-refractivity contribution in [1.29, 1.82) is 0 Å². The first-order valence-corrected chi connectivity index (χ1v) is 15.9. The third-order valence-electron chi connectivity index (χ3n) is 8.05. The molecule has 0 N–H and O–H groups in total. The third kappa shape index (κ3) is 8.41. The average Bonchev–Trinajstić information content (AvgIpc) is 3.54. The Morgan fingerprint density at radius 2 is 0.978 bits per heavy atom. The quantitative estimate of drug-likeness (QED) is 0.0816. The molecule has 1 aliphatic heterocycles. The second kappa shape index (κ2) is 16.5. The first-order valence-electron chi connectivity index (χ1n) is 15.9. The van der Waals surface area contributed by atoms with E-state index in [1.54, 1.807) is 36.4 Å². The molecule has 4 heteroatoms. The number of ketones is 1. The van der Waals surface area contributed by atoms with Crippen LogP contribution in [0.2, 0.25) is 0 Å². The van der Waals surface area contributed by atoms with Crippen LogP contribution in [0.25, 0.3) is 0 Å². The van der Waals surface area contributed by atoms with E-state index in [2.05, 4.69) is 127 Å². The summed E-state index contributed by atoms with van der Waals surface area (Å²) in [5.41, 5.74) is 9.91. The number of hydrogen-bond acceptors (Lipinski definition) is 3. The van der Waals surface area contributed by atoms with Crippen LogP contribution >= 0.6 is 0 Å². The molecule has 0 aliphatic carbocycles. The van der Waals surface area contributed by atoms with Crippen LogP contribution < -0.4 is 9.80 Å². The van der Waals surface area contributed by atoms with Crippen LogP contribution in [0.5, 0.6) is 0 Å². The largest absolute Gasteiger partial charge is 1.00 e. The predicted octanol–water partition coefficient (Wildman–Crippen LogP) is 10.8. The molecule has 46 heavy (non-hydrogen) atoms. The molecular formula is C42H45CuN2O. The molecule has 5 rings (SSSR count). The first kappa shape index (κ1) is 36.4. The molecule has 1 heterocycles. The van der Waals surface area contributed by atoms with E-state index in [-0.39, 0.29) is 22.9 Å². The summed E-state index contributed by atoms with van der Waals surface area (Å²) in [5, 5.41) is 0. The number of carbonyl (C=O) groups is 1. The first-order chi connectivity index (χ1) is 21.5. The molecule has 4 aromatic carbocycles. The summed E-state index contributed by atoms with van der Waals surface area (Å²) in [5.74, 6) is 4.08. The van der Waals surface area contributed by atoms with E-state index in [0.29, 0.717) is 40.4 Å². The van der Waals surface area contributed by atoms with Crippen LogP contribution in [-0.2, 0) is 17.1 Å². The van der Waals surface area contributed by atoms with Crippen LogP contribution in [0.3, 0.4) is 0 Å². The summed E-state index contributed by atoms with van der Waals surface area (Å²) >= 11 is 0. The van der Waals surface area contributed by atoms with Gasteiger partial charge in [-0.2, -0.15) is 0 Å². The van der Waals surface area contributed by atoms with Gasteiger partial charge in [0.15, 0.2) is 5.78 Å². The van der Waals surface area contributed by atoms with Crippen molar-refractivity contribution in [2.24, 2.45) is 0 Å². The van der Waals surface area contributed by atoms with E-state index in [1.807, 2.05) is 18.2 Å². The minimum atomic E-state index is -0.0299. The summed E-state index contributed by atoms with van der Waals surface area (Å²) in [6.07, 6.45) is 11.3. The molecule has 0 spiro atoms. The standard InChI is InChI=1S/C27H36N2.C15H9O.Cu/c1-18(2)22-11-9-12-23(19(3)4)26(22)28-15-16-29(17-28)27-24(20(5)6)13-10-14-25(27)21(7)8;1-2-12-7-6-10-14(11-12)15(16)13-8-4-3-5-9-13;/h9-16,18-21H,1-8H3;3-11H;/q;-1;+1. The molecule has 0 fully saturated rings. The molecule has 240 valence electrons. The average molecular weight is 657 g/mol. The number of benzene rings is 4. The smallest absolute Gasteiger partial charge is 0.366 e. The number of nitrogens with zero attached hydrogens (tertiary/aromatic N) is 2. The molecule has 1 aliphatic rings. The molecule has 0 aromatic heterocycles. The van der Waals surface area contributed by atoms with Crippen LogP contribution in [0, 0.1) is 19.0 Å². The van der Waals surface area contributed by atoms with E-state index in [4.69, 9.17) is 6.42 Å². The Hall–Kier alpha value is -4.03. The fourth-order valence-electron chi connectivity index (χ4n) is 5.64. The molecule has 4 aromatic rings. The third-order valence-corrected chi connectivity index (χ3v) is 8.05. The van der Waals surface area contributed by atoms with Crippen LogP contribution in [0.1, 0.15) is 123 Å². The van der Waals surface area contributed by atoms with Crippen LogP contribution in [0.4, 0.5) is 11.4 Å². The Morgan fingerprint density at radius 3 is 1.37 bits per heavy atom. The zero-order valence-electron chi connectivity index (χ0n) is 28.2. The maximum absolute atomic E-state index is 12.0. The molecular weight excluding hydrogens is 612 g/mol. The second-order valence-corrected chi connectivity index (χ2v) is 12.7. The molecule has 3 nitrogen and oxygen atoms in total. The second-order valence-electron chi connectivity index (χ2n) is 12.7. The number of anilines is 2. The maximum Gasteiger partial charge on any atom is 1.00 e. The van der Waals surface area contributed by atoms with Crippen LogP contribution in [0.15, 0.2) is 103 Å². The minimum absolute atomic E-state index is 0. The van der Waals surface area contributed by atoms with Crippen molar-refractivity contribution >= 4 is 17.2 Å². The van der Waals surface area contributed by atoms with Crippen molar-refractivity contribution in [3.05, 3.63) is 155 Å². The van der Waals surface area contributed by atoms with Crippen molar-refractivity contribution in [1.82, 2.24) is 0 Å². The van der Waals surface area contributed by atoms with Crippen molar-refractivity contribution in [2.75, 3.05) is 9.80 Å². The topological polar surface area (TPSA) is 23.6 Å². The Kier molecular flexibility index (Phi) is 13.1.